The minimum atomic E-state index is -0.968. The summed E-state index contributed by atoms with van der Waals surface area (Å²) in [6.07, 6.45) is 6.35. The first-order valence-corrected chi connectivity index (χ1v) is 8.79. The van der Waals surface area contributed by atoms with E-state index in [1.54, 1.807) is 10.9 Å². The smallest absolute Gasteiger partial charge is 0.326 e. The van der Waals surface area contributed by atoms with Crippen LogP contribution in [0.3, 0.4) is 0 Å². The van der Waals surface area contributed by atoms with Crippen molar-refractivity contribution >= 4 is 28.8 Å². The van der Waals surface area contributed by atoms with Crippen LogP contribution < -0.4 is 5.56 Å². The van der Waals surface area contributed by atoms with E-state index in [1.807, 2.05) is 19.1 Å². The predicted molar refractivity (Wildman–Crippen MR) is 96.8 cm³/mol. The monoisotopic (exact) mass is 372 g/mol. The standard InChI is InChI=1S/C18H17ClN4O3/c1-10-2-4-14(22-9-16(19)20-21-22)13(6-10)11-7-12-3-5-15(18(25)26)23(12)17(24)8-11/h6-9,15H,2-5H2,1H3,(H,25,26). The second-order valence-corrected chi connectivity index (χ2v) is 7.06. The van der Waals surface area contributed by atoms with Crippen LogP contribution >= 0.6 is 11.6 Å². The first-order chi connectivity index (χ1) is 12.4. The topological polar surface area (TPSA) is 90.0 Å². The van der Waals surface area contributed by atoms with Crippen molar-refractivity contribution in [3.05, 3.63) is 56.7 Å². The van der Waals surface area contributed by atoms with Crippen LogP contribution in [0.2, 0.25) is 5.15 Å². The summed E-state index contributed by atoms with van der Waals surface area (Å²) in [5.41, 5.74) is 4.26. The van der Waals surface area contributed by atoms with Crippen LogP contribution in [-0.2, 0) is 11.2 Å². The summed E-state index contributed by atoms with van der Waals surface area (Å²) in [6, 6.07) is 2.64. The molecule has 1 unspecified atom stereocenters. The van der Waals surface area contributed by atoms with Crippen LogP contribution in [0.5, 0.6) is 0 Å². The molecule has 2 aromatic heterocycles. The number of hydrogen-bond acceptors (Lipinski definition) is 4. The average molecular weight is 373 g/mol. The fraction of sp³-hybridized carbons (Fsp3) is 0.333. The SMILES string of the molecule is CC1=CC(c2cc3n(c(=O)c2)C(C(=O)O)CC3)=C(n2cc(Cl)nn2)CC1. The Morgan fingerprint density at radius 3 is 2.81 bits per heavy atom. The molecule has 1 atom stereocenters. The number of aryl methyl sites for hydroxylation is 1. The molecule has 0 saturated carbocycles. The summed E-state index contributed by atoms with van der Waals surface area (Å²) in [7, 11) is 0. The van der Waals surface area contributed by atoms with Gasteiger partial charge in [0.15, 0.2) is 5.15 Å². The van der Waals surface area contributed by atoms with E-state index in [0.717, 1.165) is 35.4 Å². The third-order valence-corrected chi connectivity index (χ3v) is 5.10. The van der Waals surface area contributed by atoms with Crippen molar-refractivity contribution in [3.63, 3.8) is 0 Å². The maximum atomic E-state index is 12.6. The number of halogens is 1. The van der Waals surface area contributed by atoms with E-state index in [2.05, 4.69) is 10.3 Å². The van der Waals surface area contributed by atoms with Gasteiger partial charge in [-0.2, -0.15) is 0 Å². The highest BCUT2D eigenvalue weighted by atomic mass is 35.5. The van der Waals surface area contributed by atoms with Gasteiger partial charge in [0, 0.05) is 17.3 Å². The van der Waals surface area contributed by atoms with Gasteiger partial charge in [-0.3, -0.25) is 9.36 Å². The molecule has 8 heteroatoms. The lowest BCUT2D eigenvalue weighted by molar-refractivity contribution is -0.140. The third-order valence-electron chi connectivity index (χ3n) is 4.93. The Morgan fingerprint density at radius 1 is 1.31 bits per heavy atom. The number of carboxylic acid groups (broad SMARTS) is 1. The zero-order valence-electron chi connectivity index (χ0n) is 14.1. The van der Waals surface area contributed by atoms with Gasteiger partial charge in [-0.05, 0) is 44.2 Å². The van der Waals surface area contributed by atoms with Gasteiger partial charge in [0.25, 0.3) is 5.56 Å². The normalized spacial score (nSPS) is 19.5. The number of aromatic nitrogens is 4. The Hall–Kier alpha value is -2.67. The average Bonchev–Trinajstić information content (AvgIpc) is 3.21. The Balaban J connectivity index is 1.88. The molecule has 1 N–H and O–H groups in total. The van der Waals surface area contributed by atoms with Crippen LogP contribution in [0.25, 0.3) is 11.3 Å². The Morgan fingerprint density at radius 2 is 2.12 bits per heavy atom. The van der Waals surface area contributed by atoms with Crippen LogP contribution in [0.15, 0.2) is 34.8 Å². The Kier molecular flexibility index (Phi) is 4.03. The van der Waals surface area contributed by atoms with Gasteiger partial charge in [0.2, 0.25) is 0 Å². The molecule has 0 fully saturated rings. The van der Waals surface area contributed by atoms with E-state index in [4.69, 9.17) is 11.6 Å². The van der Waals surface area contributed by atoms with Gasteiger partial charge in [0.05, 0.1) is 11.9 Å². The van der Waals surface area contributed by atoms with E-state index >= 15 is 0 Å². The molecule has 1 aliphatic heterocycles. The van der Waals surface area contributed by atoms with Gasteiger partial charge in [-0.15, -0.1) is 5.10 Å². The molecule has 2 aliphatic rings. The second kappa shape index (κ2) is 6.25. The Labute approximate surface area is 154 Å². The minimum absolute atomic E-state index is 0.289. The second-order valence-electron chi connectivity index (χ2n) is 6.67. The van der Waals surface area contributed by atoms with E-state index in [1.165, 1.54) is 16.2 Å². The number of rotatable bonds is 3. The number of pyridine rings is 1. The van der Waals surface area contributed by atoms with Gasteiger partial charge < -0.3 is 5.11 Å². The number of allylic oxidation sites excluding steroid dienone is 4. The van der Waals surface area contributed by atoms with Crippen molar-refractivity contribution in [1.82, 2.24) is 19.6 Å². The highest BCUT2D eigenvalue weighted by Crippen LogP contribution is 2.34. The molecule has 7 nitrogen and oxygen atoms in total. The van der Waals surface area contributed by atoms with E-state index in [-0.39, 0.29) is 5.56 Å². The van der Waals surface area contributed by atoms with Crippen molar-refractivity contribution in [2.45, 2.75) is 38.6 Å². The number of aliphatic carboxylic acids is 1. The first-order valence-electron chi connectivity index (χ1n) is 8.41. The molecule has 4 rings (SSSR count). The highest BCUT2D eigenvalue weighted by Gasteiger charge is 2.30. The molecule has 0 spiro atoms. The van der Waals surface area contributed by atoms with Gasteiger partial charge in [-0.1, -0.05) is 28.5 Å². The fourth-order valence-corrected chi connectivity index (χ4v) is 3.83. The van der Waals surface area contributed by atoms with Crippen LogP contribution in [0.4, 0.5) is 0 Å². The van der Waals surface area contributed by atoms with Crippen molar-refractivity contribution < 1.29 is 9.90 Å². The molecule has 3 heterocycles. The number of carbonyl (C=O) groups is 1. The van der Waals surface area contributed by atoms with Crippen LogP contribution in [0, 0.1) is 0 Å². The lowest BCUT2D eigenvalue weighted by Crippen LogP contribution is -2.27. The summed E-state index contributed by atoms with van der Waals surface area (Å²) >= 11 is 5.91. The zero-order chi connectivity index (χ0) is 18.4. The number of nitrogens with zero attached hydrogens (tertiary/aromatic N) is 4. The van der Waals surface area contributed by atoms with Crippen molar-refractivity contribution in [1.29, 1.82) is 0 Å². The van der Waals surface area contributed by atoms with E-state index in [9.17, 15) is 14.7 Å². The van der Waals surface area contributed by atoms with E-state index in [0.29, 0.717) is 18.0 Å². The van der Waals surface area contributed by atoms with E-state index < -0.39 is 12.0 Å². The molecule has 0 amide bonds. The molecular weight excluding hydrogens is 356 g/mol. The van der Waals surface area contributed by atoms with Gasteiger partial charge >= 0.3 is 5.97 Å². The van der Waals surface area contributed by atoms with Crippen molar-refractivity contribution in [3.8, 4) is 0 Å². The first kappa shape index (κ1) is 16.8. The summed E-state index contributed by atoms with van der Waals surface area (Å²) in [5.74, 6) is -0.968. The number of hydrogen-bond donors (Lipinski definition) is 1. The van der Waals surface area contributed by atoms with Crippen molar-refractivity contribution in [2.24, 2.45) is 0 Å². The molecule has 0 bridgehead atoms. The fourth-order valence-electron chi connectivity index (χ4n) is 3.70. The van der Waals surface area contributed by atoms with Gasteiger partial charge in [-0.25, -0.2) is 9.48 Å². The molecule has 0 aromatic carbocycles. The lowest BCUT2D eigenvalue weighted by Gasteiger charge is -2.19. The maximum Gasteiger partial charge on any atom is 0.326 e. The largest absolute Gasteiger partial charge is 0.480 e. The summed E-state index contributed by atoms with van der Waals surface area (Å²) in [6.45, 7) is 2.05. The third kappa shape index (κ3) is 2.78. The molecule has 134 valence electrons. The zero-order valence-corrected chi connectivity index (χ0v) is 14.9. The molecule has 0 saturated heterocycles. The molecule has 2 aromatic rings. The number of fused-ring (bicyclic) bond motifs is 1. The van der Waals surface area contributed by atoms with Crippen molar-refractivity contribution in [2.75, 3.05) is 0 Å². The molecule has 0 radical (unpaired) electrons. The highest BCUT2D eigenvalue weighted by molar-refractivity contribution is 6.29. The van der Waals surface area contributed by atoms with Crippen LogP contribution in [-0.4, -0.2) is 30.6 Å². The maximum absolute atomic E-state index is 12.6. The number of carboxylic acids is 1. The molecule has 26 heavy (non-hydrogen) atoms. The minimum Gasteiger partial charge on any atom is -0.480 e. The molecular formula is C18H17ClN4O3. The lowest BCUT2D eigenvalue weighted by atomic mass is 9.92. The molecule has 1 aliphatic carbocycles. The summed E-state index contributed by atoms with van der Waals surface area (Å²) in [5, 5.41) is 17.5. The summed E-state index contributed by atoms with van der Waals surface area (Å²) in [4.78, 5) is 24.0. The Bertz CT molecular complexity index is 1030. The van der Waals surface area contributed by atoms with Gasteiger partial charge in [0.1, 0.15) is 6.04 Å². The quantitative estimate of drug-likeness (QED) is 0.894. The summed E-state index contributed by atoms with van der Waals surface area (Å²) < 4.78 is 3.03. The predicted octanol–water partition coefficient (Wildman–Crippen LogP) is 2.77. The van der Waals surface area contributed by atoms with Crippen LogP contribution in [0.1, 0.15) is 43.5 Å².